The molecule has 1 unspecified atom stereocenters. The normalized spacial score (nSPS) is 20.8. The van der Waals surface area contributed by atoms with E-state index in [4.69, 9.17) is 19.4 Å². The average molecular weight is 418 g/mol. The Morgan fingerprint density at radius 1 is 1.38 bits per heavy atom. The van der Waals surface area contributed by atoms with E-state index in [1.165, 1.54) is 0 Å². The maximum Gasteiger partial charge on any atom is 0.490 e. The Kier molecular flexibility index (Phi) is 7.97. The molecule has 2 aliphatic heterocycles. The molecule has 0 aliphatic carbocycles. The van der Waals surface area contributed by atoms with Gasteiger partial charge in [-0.3, -0.25) is 9.78 Å². The van der Waals surface area contributed by atoms with Gasteiger partial charge in [0.25, 0.3) is 5.91 Å². The minimum atomic E-state index is -5.08. The summed E-state index contributed by atoms with van der Waals surface area (Å²) in [7, 11) is 1.74. The van der Waals surface area contributed by atoms with Crippen LogP contribution in [0.4, 0.5) is 13.2 Å². The minimum Gasteiger partial charge on any atom is -0.475 e. The summed E-state index contributed by atoms with van der Waals surface area (Å²) < 4.78 is 43.0. The van der Waals surface area contributed by atoms with Gasteiger partial charge in [0.05, 0.1) is 17.8 Å². The number of hydrogen-bond acceptors (Lipinski definition) is 5. The molecule has 1 aromatic rings. The first-order valence-electron chi connectivity index (χ1n) is 9.29. The zero-order chi connectivity index (χ0) is 21.5. The standard InChI is InChI=1S/C17H24N2O3.C2HF3O2/c1-21-10-4-14-11-17(22-13-14)5-8-19(9-6-17)16(20)15-3-2-7-18-12-15;3-2(4,5)1(6)7/h2-3,7,12,14H,4-6,8-11,13H2,1H3;(H,6,7). The highest BCUT2D eigenvalue weighted by Crippen LogP contribution is 2.39. The molecule has 3 heterocycles. The Hall–Kier alpha value is -2.20. The number of ether oxygens (including phenoxy) is 2. The number of methoxy groups -OCH3 is 1. The highest BCUT2D eigenvalue weighted by Gasteiger charge is 2.43. The lowest BCUT2D eigenvalue weighted by Crippen LogP contribution is -2.46. The van der Waals surface area contributed by atoms with Gasteiger partial charge in [-0.2, -0.15) is 13.2 Å². The van der Waals surface area contributed by atoms with E-state index in [0.717, 1.165) is 52.0 Å². The van der Waals surface area contributed by atoms with E-state index in [0.29, 0.717) is 11.5 Å². The highest BCUT2D eigenvalue weighted by molar-refractivity contribution is 5.93. The SMILES string of the molecule is COCCC1COC2(CCN(C(=O)c3cccnc3)CC2)C1.O=C(O)C(F)(F)F. The van der Waals surface area contributed by atoms with E-state index >= 15 is 0 Å². The van der Waals surface area contributed by atoms with Crippen LogP contribution in [0, 0.1) is 5.92 Å². The minimum absolute atomic E-state index is 0.00980. The molecule has 0 aromatic carbocycles. The van der Waals surface area contributed by atoms with E-state index in [1.54, 1.807) is 25.6 Å². The molecule has 0 radical (unpaired) electrons. The summed E-state index contributed by atoms with van der Waals surface area (Å²) in [5.41, 5.74) is 0.660. The summed E-state index contributed by atoms with van der Waals surface area (Å²) in [4.78, 5) is 27.3. The molecule has 1 aromatic heterocycles. The maximum absolute atomic E-state index is 12.4. The van der Waals surface area contributed by atoms with Crippen molar-refractivity contribution in [3.63, 3.8) is 0 Å². The quantitative estimate of drug-likeness (QED) is 0.809. The summed E-state index contributed by atoms with van der Waals surface area (Å²) >= 11 is 0. The summed E-state index contributed by atoms with van der Waals surface area (Å²) in [6.45, 7) is 3.17. The Morgan fingerprint density at radius 3 is 2.55 bits per heavy atom. The smallest absolute Gasteiger partial charge is 0.475 e. The van der Waals surface area contributed by atoms with Crippen molar-refractivity contribution < 1.29 is 37.3 Å². The number of pyridine rings is 1. The topological polar surface area (TPSA) is 89.0 Å². The Bertz CT molecular complexity index is 676. The number of carboxylic acids is 1. The monoisotopic (exact) mass is 418 g/mol. The van der Waals surface area contributed by atoms with Gasteiger partial charge >= 0.3 is 12.1 Å². The summed E-state index contributed by atoms with van der Waals surface area (Å²) in [5, 5.41) is 7.12. The van der Waals surface area contributed by atoms with Gasteiger partial charge < -0.3 is 19.5 Å². The van der Waals surface area contributed by atoms with Crippen LogP contribution in [0.1, 0.15) is 36.0 Å². The van der Waals surface area contributed by atoms with Gasteiger partial charge in [-0.1, -0.05) is 0 Å². The first kappa shape index (κ1) is 23.1. The fraction of sp³-hybridized carbons (Fsp3) is 0.632. The maximum atomic E-state index is 12.4. The average Bonchev–Trinajstić information content (AvgIpc) is 3.09. The summed E-state index contributed by atoms with van der Waals surface area (Å²) in [6.07, 6.45) is 2.28. The first-order chi connectivity index (χ1) is 13.7. The van der Waals surface area contributed by atoms with Crippen LogP contribution in [-0.2, 0) is 14.3 Å². The predicted molar refractivity (Wildman–Crippen MR) is 96.3 cm³/mol. The Labute approximate surface area is 166 Å². The first-order valence-corrected chi connectivity index (χ1v) is 9.29. The molecule has 162 valence electrons. The van der Waals surface area contributed by atoms with E-state index in [1.807, 2.05) is 11.0 Å². The van der Waals surface area contributed by atoms with E-state index in [9.17, 15) is 18.0 Å². The Morgan fingerprint density at radius 2 is 2.03 bits per heavy atom. The van der Waals surface area contributed by atoms with Crippen molar-refractivity contribution in [1.29, 1.82) is 0 Å². The van der Waals surface area contributed by atoms with Gasteiger partial charge in [0.2, 0.25) is 0 Å². The zero-order valence-electron chi connectivity index (χ0n) is 16.2. The molecule has 10 heteroatoms. The molecular weight excluding hydrogens is 393 g/mol. The Balaban J connectivity index is 0.000000370. The summed E-state index contributed by atoms with van der Waals surface area (Å²) in [6, 6.07) is 3.63. The third-order valence-electron chi connectivity index (χ3n) is 5.13. The van der Waals surface area contributed by atoms with E-state index in [-0.39, 0.29) is 11.5 Å². The number of rotatable bonds is 4. The van der Waals surface area contributed by atoms with Crippen molar-refractivity contribution >= 4 is 11.9 Å². The van der Waals surface area contributed by atoms with Gasteiger partial charge in [0, 0.05) is 39.2 Å². The van der Waals surface area contributed by atoms with Crippen molar-refractivity contribution in [1.82, 2.24) is 9.88 Å². The fourth-order valence-corrected chi connectivity index (χ4v) is 3.55. The van der Waals surface area contributed by atoms with E-state index < -0.39 is 12.1 Å². The van der Waals surface area contributed by atoms with Crippen LogP contribution in [0.5, 0.6) is 0 Å². The van der Waals surface area contributed by atoms with Crippen LogP contribution in [0.25, 0.3) is 0 Å². The van der Waals surface area contributed by atoms with Gasteiger partial charge in [0.1, 0.15) is 0 Å². The number of piperidine rings is 1. The van der Waals surface area contributed by atoms with Crippen LogP contribution < -0.4 is 0 Å². The van der Waals surface area contributed by atoms with Crippen molar-refractivity contribution in [2.75, 3.05) is 33.4 Å². The van der Waals surface area contributed by atoms with Gasteiger partial charge in [-0.05, 0) is 43.7 Å². The molecule has 2 fully saturated rings. The van der Waals surface area contributed by atoms with Crippen LogP contribution >= 0.6 is 0 Å². The number of carbonyl (C=O) groups excluding carboxylic acids is 1. The number of amides is 1. The molecule has 2 aliphatic rings. The van der Waals surface area contributed by atoms with Gasteiger partial charge in [0.15, 0.2) is 0 Å². The molecule has 1 atom stereocenters. The largest absolute Gasteiger partial charge is 0.490 e. The second-order valence-corrected chi connectivity index (χ2v) is 7.18. The van der Waals surface area contributed by atoms with Crippen LogP contribution in [0.2, 0.25) is 0 Å². The lowest BCUT2D eigenvalue weighted by Gasteiger charge is -2.38. The molecule has 1 amide bonds. The number of aliphatic carboxylic acids is 1. The second kappa shape index (κ2) is 10.0. The number of halogens is 3. The lowest BCUT2D eigenvalue weighted by molar-refractivity contribution is -0.192. The fourth-order valence-electron chi connectivity index (χ4n) is 3.55. The molecule has 0 bridgehead atoms. The molecular formula is C19H25F3N2O5. The lowest BCUT2D eigenvalue weighted by atomic mass is 9.84. The van der Waals surface area contributed by atoms with Crippen LogP contribution in [-0.4, -0.2) is 72.1 Å². The van der Waals surface area contributed by atoms with Crippen molar-refractivity contribution in [2.24, 2.45) is 5.92 Å². The number of hydrogen-bond donors (Lipinski definition) is 1. The van der Waals surface area contributed by atoms with Crippen LogP contribution in [0.15, 0.2) is 24.5 Å². The second-order valence-electron chi connectivity index (χ2n) is 7.18. The van der Waals surface area contributed by atoms with Gasteiger partial charge in [-0.15, -0.1) is 0 Å². The number of carbonyl (C=O) groups is 2. The van der Waals surface area contributed by atoms with Crippen molar-refractivity contribution in [3.8, 4) is 0 Å². The number of nitrogens with zero attached hydrogens (tertiary/aromatic N) is 2. The molecule has 0 saturated carbocycles. The molecule has 2 saturated heterocycles. The van der Waals surface area contributed by atoms with Crippen molar-refractivity contribution in [2.45, 2.75) is 37.5 Å². The number of carboxylic acid groups (broad SMARTS) is 1. The molecule has 29 heavy (non-hydrogen) atoms. The van der Waals surface area contributed by atoms with Crippen LogP contribution in [0.3, 0.4) is 0 Å². The van der Waals surface area contributed by atoms with Crippen molar-refractivity contribution in [3.05, 3.63) is 30.1 Å². The molecule has 7 nitrogen and oxygen atoms in total. The zero-order valence-corrected chi connectivity index (χ0v) is 16.2. The summed E-state index contributed by atoms with van der Waals surface area (Å²) in [5.74, 6) is -2.08. The number of likely N-dealkylation sites (tertiary alicyclic amines) is 1. The molecule has 1 spiro atoms. The number of alkyl halides is 3. The molecule has 1 N–H and O–H groups in total. The third-order valence-corrected chi connectivity index (χ3v) is 5.13. The number of aromatic nitrogens is 1. The highest BCUT2D eigenvalue weighted by atomic mass is 19.4. The van der Waals surface area contributed by atoms with Gasteiger partial charge in [-0.25, -0.2) is 4.79 Å². The third kappa shape index (κ3) is 6.67. The molecule has 3 rings (SSSR count). The van der Waals surface area contributed by atoms with E-state index in [2.05, 4.69) is 4.98 Å². The predicted octanol–water partition coefficient (Wildman–Crippen LogP) is 2.76.